The predicted octanol–water partition coefficient (Wildman–Crippen LogP) is 5.75. The molecule has 1 aliphatic rings. The summed E-state index contributed by atoms with van der Waals surface area (Å²) in [6, 6.07) is 14.0. The minimum absolute atomic E-state index is 0.0854. The van der Waals surface area contributed by atoms with E-state index in [2.05, 4.69) is 19.2 Å². The topological polar surface area (TPSA) is 32.3 Å². The summed E-state index contributed by atoms with van der Waals surface area (Å²) in [6.07, 6.45) is 3.22. The second kappa shape index (κ2) is 6.97. The maximum atomic E-state index is 13.1. The zero-order chi connectivity index (χ0) is 18.1. The van der Waals surface area contributed by atoms with Crippen molar-refractivity contribution in [1.29, 1.82) is 0 Å². The molecule has 0 amide bonds. The average molecular weight is 362 g/mol. The SMILES string of the molecule is CC(C)(Nc1ccc(Cl)cc1)C1CCC(O)(c2ccc(F)cc2)CC1. The van der Waals surface area contributed by atoms with Gasteiger partial charge in [-0.05, 0) is 87.4 Å². The molecule has 0 heterocycles. The van der Waals surface area contributed by atoms with Crippen molar-refractivity contribution in [1.82, 2.24) is 0 Å². The molecular weight excluding hydrogens is 337 g/mol. The summed E-state index contributed by atoms with van der Waals surface area (Å²) < 4.78 is 13.1. The predicted molar refractivity (Wildman–Crippen MR) is 101 cm³/mol. The summed E-state index contributed by atoms with van der Waals surface area (Å²) in [7, 11) is 0. The second-order valence-corrected chi connectivity index (χ2v) is 8.10. The number of benzene rings is 2. The molecule has 25 heavy (non-hydrogen) atoms. The van der Waals surface area contributed by atoms with Crippen LogP contribution in [0.2, 0.25) is 5.02 Å². The summed E-state index contributed by atoms with van der Waals surface area (Å²) in [5.41, 5.74) is 0.933. The summed E-state index contributed by atoms with van der Waals surface area (Å²) in [5, 5.41) is 15.3. The molecule has 134 valence electrons. The molecule has 0 atom stereocenters. The van der Waals surface area contributed by atoms with Crippen molar-refractivity contribution in [3.63, 3.8) is 0 Å². The first-order valence-electron chi connectivity index (χ1n) is 8.81. The van der Waals surface area contributed by atoms with Crippen LogP contribution < -0.4 is 5.32 Å². The summed E-state index contributed by atoms with van der Waals surface area (Å²) in [4.78, 5) is 0. The first kappa shape index (κ1) is 18.2. The number of anilines is 1. The van der Waals surface area contributed by atoms with Gasteiger partial charge in [-0.3, -0.25) is 0 Å². The Bertz CT molecular complexity index is 704. The standard InChI is InChI=1S/C21H25ClFNO/c1-20(2,24-19-9-5-17(22)6-10-19)15-11-13-21(25,14-12-15)16-3-7-18(23)8-4-16/h3-10,15,24-25H,11-14H2,1-2H3. The first-order chi connectivity index (χ1) is 11.8. The molecule has 2 aromatic carbocycles. The van der Waals surface area contributed by atoms with Crippen molar-refractivity contribution in [3.8, 4) is 0 Å². The Labute approximate surface area is 154 Å². The van der Waals surface area contributed by atoms with E-state index in [1.807, 2.05) is 24.3 Å². The van der Waals surface area contributed by atoms with Gasteiger partial charge < -0.3 is 10.4 Å². The quantitative estimate of drug-likeness (QED) is 0.726. The average Bonchev–Trinajstić information content (AvgIpc) is 2.58. The molecule has 3 rings (SSSR count). The van der Waals surface area contributed by atoms with Crippen LogP contribution in [0.25, 0.3) is 0 Å². The third kappa shape index (κ3) is 4.16. The minimum Gasteiger partial charge on any atom is -0.385 e. The van der Waals surface area contributed by atoms with E-state index in [-0.39, 0.29) is 11.4 Å². The van der Waals surface area contributed by atoms with Gasteiger partial charge in [-0.25, -0.2) is 4.39 Å². The lowest BCUT2D eigenvalue weighted by atomic mass is 9.69. The van der Waals surface area contributed by atoms with Crippen LogP contribution in [0.3, 0.4) is 0 Å². The van der Waals surface area contributed by atoms with Gasteiger partial charge in [0.05, 0.1) is 5.60 Å². The molecule has 4 heteroatoms. The maximum Gasteiger partial charge on any atom is 0.123 e. The Morgan fingerprint density at radius 1 is 1.04 bits per heavy atom. The number of halogens is 2. The Morgan fingerprint density at radius 2 is 1.60 bits per heavy atom. The van der Waals surface area contributed by atoms with Crippen molar-refractivity contribution in [3.05, 3.63) is 64.9 Å². The monoisotopic (exact) mass is 361 g/mol. The van der Waals surface area contributed by atoms with Crippen LogP contribution in [0.5, 0.6) is 0 Å². The van der Waals surface area contributed by atoms with Gasteiger partial charge in [0, 0.05) is 16.2 Å². The molecule has 2 nitrogen and oxygen atoms in total. The molecule has 0 spiro atoms. The van der Waals surface area contributed by atoms with E-state index < -0.39 is 5.60 Å². The second-order valence-electron chi connectivity index (χ2n) is 7.67. The molecule has 1 aliphatic carbocycles. The van der Waals surface area contributed by atoms with Gasteiger partial charge in [-0.1, -0.05) is 23.7 Å². The van der Waals surface area contributed by atoms with Crippen molar-refractivity contribution in [2.24, 2.45) is 5.92 Å². The summed E-state index contributed by atoms with van der Waals surface area (Å²) >= 11 is 5.95. The Kier molecular flexibility index (Phi) is 5.08. The van der Waals surface area contributed by atoms with Gasteiger partial charge >= 0.3 is 0 Å². The van der Waals surface area contributed by atoms with Gasteiger partial charge in [0.1, 0.15) is 5.82 Å². The number of hydrogen-bond donors (Lipinski definition) is 2. The largest absolute Gasteiger partial charge is 0.385 e. The van der Waals surface area contributed by atoms with Crippen LogP contribution in [0.15, 0.2) is 48.5 Å². The lowest BCUT2D eigenvalue weighted by Crippen LogP contribution is -2.44. The Hall–Kier alpha value is -1.58. The fourth-order valence-electron chi connectivity index (χ4n) is 3.87. The molecule has 0 aromatic heterocycles. The molecule has 1 fully saturated rings. The molecular formula is C21H25ClFNO. The summed E-state index contributed by atoms with van der Waals surface area (Å²) in [5.74, 6) is 0.179. The molecule has 0 radical (unpaired) electrons. The third-order valence-electron chi connectivity index (χ3n) is 5.53. The number of aliphatic hydroxyl groups is 1. The Balaban J connectivity index is 1.66. The fraction of sp³-hybridized carbons (Fsp3) is 0.429. The van der Waals surface area contributed by atoms with Crippen molar-refractivity contribution < 1.29 is 9.50 Å². The van der Waals surface area contributed by atoms with Gasteiger partial charge in [0.25, 0.3) is 0 Å². The van der Waals surface area contributed by atoms with Crippen LogP contribution in [0, 0.1) is 11.7 Å². The molecule has 0 aliphatic heterocycles. The molecule has 2 N–H and O–H groups in total. The van der Waals surface area contributed by atoms with E-state index in [0.29, 0.717) is 18.8 Å². The highest BCUT2D eigenvalue weighted by atomic mass is 35.5. The zero-order valence-electron chi connectivity index (χ0n) is 14.7. The molecule has 1 saturated carbocycles. The normalized spacial score (nSPS) is 24.1. The number of nitrogens with one attached hydrogen (secondary N) is 1. The van der Waals surface area contributed by atoms with Crippen molar-refractivity contribution in [2.75, 3.05) is 5.32 Å². The van der Waals surface area contributed by atoms with Crippen LogP contribution in [0.4, 0.5) is 10.1 Å². The van der Waals surface area contributed by atoms with Crippen molar-refractivity contribution in [2.45, 2.75) is 50.7 Å². The highest BCUT2D eigenvalue weighted by Crippen LogP contribution is 2.43. The lowest BCUT2D eigenvalue weighted by Gasteiger charge is -2.43. The van der Waals surface area contributed by atoms with E-state index in [9.17, 15) is 9.50 Å². The number of rotatable bonds is 4. The number of hydrogen-bond acceptors (Lipinski definition) is 2. The highest BCUT2D eigenvalue weighted by molar-refractivity contribution is 6.30. The van der Waals surface area contributed by atoms with Crippen LogP contribution >= 0.6 is 11.6 Å². The summed E-state index contributed by atoms with van der Waals surface area (Å²) in [6.45, 7) is 4.41. The van der Waals surface area contributed by atoms with Gasteiger partial charge in [0.2, 0.25) is 0 Å². The van der Waals surface area contributed by atoms with Gasteiger partial charge in [-0.2, -0.15) is 0 Å². The smallest absolute Gasteiger partial charge is 0.123 e. The molecule has 0 unspecified atom stereocenters. The minimum atomic E-state index is -0.847. The van der Waals surface area contributed by atoms with Gasteiger partial charge in [-0.15, -0.1) is 0 Å². The third-order valence-corrected chi connectivity index (χ3v) is 5.78. The molecule has 0 bridgehead atoms. The van der Waals surface area contributed by atoms with E-state index in [1.54, 1.807) is 12.1 Å². The maximum absolute atomic E-state index is 13.1. The van der Waals surface area contributed by atoms with Crippen LogP contribution in [0.1, 0.15) is 45.1 Å². The van der Waals surface area contributed by atoms with Crippen LogP contribution in [-0.2, 0) is 5.60 Å². The first-order valence-corrected chi connectivity index (χ1v) is 9.18. The van der Waals surface area contributed by atoms with E-state index in [1.165, 1.54) is 12.1 Å². The van der Waals surface area contributed by atoms with Gasteiger partial charge in [0.15, 0.2) is 0 Å². The molecule has 0 saturated heterocycles. The fourth-order valence-corrected chi connectivity index (χ4v) is 4.00. The van der Waals surface area contributed by atoms with Crippen molar-refractivity contribution >= 4 is 17.3 Å². The zero-order valence-corrected chi connectivity index (χ0v) is 15.5. The van der Waals surface area contributed by atoms with E-state index in [0.717, 1.165) is 29.1 Å². The molecule has 2 aromatic rings. The van der Waals surface area contributed by atoms with Crippen LogP contribution in [-0.4, -0.2) is 10.6 Å². The van der Waals surface area contributed by atoms with E-state index in [4.69, 9.17) is 11.6 Å². The Morgan fingerprint density at radius 3 is 2.16 bits per heavy atom. The lowest BCUT2D eigenvalue weighted by molar-refractivity contribution is -0.0211. The highest BCUT2D eigenvalue weighted by Gasteiger charge is 2.40. The van der Waals surface area contributed by atoms with E-state index >= 15 is 0 Å².